The molecule has 4 aromatic rings. The fourth-order valence-corrected chi connectivity index (χ4v) is 10.3. The normalized spacial score (nSPS) is 20.7. The van der Waals surface area contributed by atoms with E-state index in [9.17, 15) is 24.0 Å². The lowest BCUT2D eigenvalue weighted by Crippen LogP contribution is -2.54. The van der Waals surface area contributed by atoms with E-state index in [2.05, 4.69) is 24.9 Å². The second-order valence-corrected chi connectivity index (χ2v) is 17.3. The molecule has 0 saturated carbocycles. The van der Waals surface area contributed by atoms with Crippen LogP contribution in [-0.2, 0) is 58.0 Å². The largest absolute Gasteiger partial charge is 0.381 e. The summed E-state index contributed by atoms with van der Waals surface area (Å²) in [5, 5.41) is 12.0. The van der Waals surface area contributed by atoms with Gasteiger partial charge < -0.3 is 14.5 Å². The first-order valence-corrected chi connectivity index (χ1v) is 21.8. The van der Waals surface area contributed by atoms with Gasteiger partial charge in [0.1, 0.15) is 6.04 Å². The molecular weight excluding hydrogens is 801 g/mol. The van der Waals surface area contributed by atoms with Crippen molar-refractivity contribution in [1.82, 2.24) is 39.6 Å². The summed E-state index contributed by atoms with van der Waals surface area (Å²) in [7, 11) is 0. The van der Waals surface area contributed by atoms with Crippen molar-refractivity contribution in [2.24, 2.45) is 0 Å². The van der Waals surface area contributed by atoms with E-state index in [1.54, 1.807) is 36.0 Å². The highest BCUT2D eigenvalue weighted by Crippen LogP contribution is 2.44. The second-order valence-electron chi connectivity index (χ2n) is 17.3. The summed E-state index contributed by atoms with van der Waals surface area (Å²) in [5.74, 6) is -1.31. The number of rotatable bonds is 9. The Morgan fingerprint density at radius 2 is 1.65 bits per heavy atom. The number of hydrogen-bond donors (Lipinski definition) is 1. The Bertz CT molecular complexity index is 2510. The molecule has 2 saturated heterocycles. The number of halogens is 2. The van der Waals surface area contributed by atoms with Crippen LogP contribution in [0.4, 0.5) is 20.3 Å². The van der Waals surface area contributed by atoms with Crippen molar-refractivity contribution in [2.45, 2.75) is 103 Å². The molecule has 17 heteroatoms. The van der Waals surface area contributed by atoms with Gasteiger partial charge in [-0.15, -0.1) is 0 Å². The maximum atomic E-state index is 15.0. The Labute approximate surface area is 356 Å². The number of carbonyl (C=O) groups excluding carboxylic acids is 5. The fourth-order valence-electron chi connectivity index (χ4n) is 10.3. The lowest BCUT2D eigenvalue weighted by Gasteiger charge is -2.33. The molecule has 2 aromatic carbocycles. The van der Waals surface area contributed by atoms with Gasteiger partial charge in [0.05, 0.1) is 29.9 Å². The van der Waals surface area contributed by atoms with E-state index in [0.29, 0.717) is 75.5 Å². The molecule has 0 spiro atoms. The molecule has 1 N–H and O–H groups in total. The molecule has 0 radical (unpaired) electrons. The molecule has 0 bridgehead atoms. The van der Waals surface area contributed by atoms with Crippen molar-refractivity contribution in [3.63, 3.8) is 0 Å². The maximum absolute atomic E-state index is 15.0. The van der Waals surface area contributed by atoms with Crippen LogP contribution in [0.2, 0.25) is 0 Å². The molecular formula is C45H49F2N9O6. The van der Waals surface area contributed by atoms with Crippen LogP contribution in [0.1, 0.15) is 112 Å². The summed E-state index contributed by atoms with van der Waals surface area (Å²) < 4.78 is 39.7. The van der Waals surface area contributed by atoms with Gasteiger partial charge >= 0.3 is 0 Å². The number of fused-ring (bicyclic) bond motifs is 4. The lowest BCUT2D eigenvalue weighted by molar-refractivity contribution is -0.136. The summed E-state index contributed by atoms with van der Waals surface area (Å²) in [5.41, 5.74) is 7.40. The number of anilines is 2. The summed E-state index contributed by atoms with van der Waals surface area (Å²) in [6.45, 7) is 7.26. The van der Waals surface area contributed by atoms with E-state index in [1.807, 2.05) is 17.2 Å². The van der Waals surface area contributed by atoms with Gasteiger partial charge in [-0.2, -0.15) is 10.2 Å². The zero-order valence-corrected chi connectivity index (χ0v) is 34.7. The van der Waals surface area contributed by atoms with E-state index in [1.165, 1.54) is 0 Å². The van der Waals surface area contributed by atoms with Gasteiger partial charge in [-0.05, 0) is 91.5 Å². The minimum absolute atomic E-state index is 0.00544. The van der Waals surface area contributed by atoms with Crippen LogP contribution in [0.3, 0.4) is 0 Å². The number of aromatic nitrogens is 4. The number of carbonyl (C=O) groups is 5. The first-order chi connectivity index (χ1) is 30.0. The van der Waals surface area contributed by atoms with Crippen LogP contribution in [-0.4, -0.2) is 109 Å². The summed E-state index contributed by atoms with van der Waals surface area (Å²) >= 11 is 0. The van der Waals surface area contributed by atoms with Crippen molar-refractivity contribution < 1.29 is 37.5 Å². The van der Waals surface area contributed by atoms with E-state index < -0.39 is 36.1 Å². The Balaban J connectivity index is 0.834. The molecule has 8 heterocycles. The monoisotopic (exact) mass is 849 g/mol. The third-order valence-electron chi connectivity index (χ3n) is 13.6. The Morgan fingerprint density at radius 1 is 0.871 bits per heavy atom. The van der Waals surface area contributed by atoms with Crippen LogP contribution in [0.15, 0.2) is 36.7 Å². The van der Waals surface area contributed by atoms with Gasteiger partial charge in [0.25, 0.3) is 18.2 Å². The molecule has 62 heavy (non-hydrogen) atoms. The first-order valence-electron chi connectivity index (χ1n) is 21.8. The Hall–Kier alpha value is -5.81. The third kappa shape index (κ3) is 7.17. The van der Waals surface area contributed by atoms with Crippen LogP contribution < -0.4 is 10.2 Å². The minimum atomic E-state index is -2.72. The van der Waals surface area contributed by atoms with E-state index >= 15 is 8.78 Å². The van der Waals surface area contributed by atoms with E-state index in [4.69, 9.17) is 9.84 Å². The van der Waals surface area contributed by atoms with Crippen LogP contribution in [0.25, 0.3) is 11.1 Å². The molecule has 0 aliphatic carbocycles. The number of piperidine rings is 1. The summed E-state index contributed by atoms with van der Waals surface area (Å²) in [4.78, 5) is 70.7. The molecule has 324 valence electrons. The number of ether oxygens (including phenoxy) is 1. The summed E-state index contributed by atoms with van der Waals surface area (Å²) in [6, 6.07) is 6.27. The number of benzene rings is 2. The predicted molar refractivity (Wildman–Crippen MR) is 221 cm³/mol. The molecule has 1 unspecified atom stereocenters. The van der Waals surface area contributed by atoms with Crippen LogP contribution >= 0.6 is 0 Å². The number of hydrogen-bond acceptors (Lipinski definition) is 10. The van der Waals surface area contributed by atoms with Gasteiger partial charge in [0.15, 0.2) is 5.82 Å². The van der Waals surface area contributed by atoms with Crippen molar-refractivity contribution in [2.75, 3.05) is 44.3 Å². The highest BCUT2D eigenvalue weighted by molar-refractivity contribution is 6.23. The standard InChI is InChI=1S/C45H49F2N9O6/c1-26(57)52-15-8-37-36(25-52)42(50-56(37)31-9-16-62-17-10-31)54-13-2-4-28-19-32(33(41(46)47)21-39(28)54)30-22-48-53(24-30)12-3-11-51-14-7-27-18-34-35(20-29(27)23-51)45(61)55(44(34)60)38-5-6-40(58)49-43(38)59/h18-22,24,31,38,41H,2-17,23,25H2,1H3,(H,49,58,59). The van der Waals surface area contributed by atoms with Crippen molar-refractivity contribution in [3.8, 4) is 11.1 Å². The average Bonchev–Trinajstić information content (AvgIpc) is 3.97. The number of aryl methyl sites for hydroxylation is 2. The highest BCUT2D eigenvalue weighted by Gasteiger charge is 2.45. The molecule has 6 aliphatic rings. The molecule has 15 nitrogen and oxygen atoms in total. The minimum Gasteiger partial charge on any atom is -0.381 e. The zero-order valence-electron chi connectivity index (χ0n) is 34.7. The molecule has 10 rings (SSSR count). The van der Waals surface area contributed by atoms with Gasteiger partial charge in [0.2, 0.25) is 17.7 Å². The van der Waals surface area contributed by atoms with Gasteiger partial charge in [0, 0.05) is 107 Å². The molecule has 2 fully saturated rings. The molecule has 6 aliphatic heterocycles. The second kappa shape index (κ2) is 16.1. The van der Waals surface area contributed by atoms with Crippen molar-refractivity contribution in [3.05, 3.63) is 81.3 Å². The number of nitrogens with one attached hydrogen (secondary N) is 1. The van der Waals surface area contributed by atoms with E-state index in [0.717, 1.165) is 89.5 Å². The SMILES string of the molecule is CC(=O)N1CCc2c(c(N3CCCc4cc(-c5cnn(CCCN6CCc7cc8c(cc7C6)C(=O)N(C6CCC(=O)NC6=O)C8=O)c5)c(C(F)F)cc43)nn2C2CCOCC2)C1. The molecule has 2 aromatic heterocycles. The predicted octanol–water partition coefficient (Wildman–Crippen LogP) is 4.87. The topological polar surface area (TPSA) is 155 Å². The van der Waals surface area contributed by atoms with Crippen LogP contribution in [0.5, 0.6) is 0 Å². The zero-order chi connectivity index (χ0) is 42.8. The number of alkyl halides is 2. The maximum Gasteiger partial charge on any atom is 0.264 e. The van der Waals surface area contributed by atoms with Crippen LogP contribution in [0, 0.1) is 0 Å². The first kappa shape index (κ1) is 40.3. The molecule has 5 amide bonds. The smallest absolute Gasteiger partial charge is 0.264 e. The van der Waals surface area contributed by atoms with E-state index in [-0.39, 0.29) is 35.9 Å². The molecule has 1 atom stereocenters. The lowest BCUT2D eigenvalue weighted by atomic mass is 9.92. The highest BCUT2D eigenvalue weighted by atomic mass is 19.3. The summed E-state index contributed by atoms with van der Waals surface area (Å²) in [6.07, 6.45) is 6.35. The van der Waals surface area contributed by atoms with Crippen molar-refractivity contribution in [1.29, 1.82) is 0 Å². The Morgan fingerprint density at radius 3 is 2.40 bits per heavy atom. The van der Waals surface area contributed by atoms with Gasteiger partial charge in [-0.25, -0.2) is 8.78 Å². The number of amides is 5. The van der Waals surface area contributed by atoms with Gasteiger partial charge in [-0.3, -0.25) is 48.5 Å². The number of imide groups is 2. The quantitative estimate of drug-likeness (QED) is 0.231. The van der Waals surface area contributed by atoms with Crippen molar-refractivity contribution >= 4 is 41.0 Å². The third-order valence-corrected chi connectivity index (χ3v) is 13.6. The Kier molecular flexibility index (Phi) is 10.5. The average molecular weight is 850 g/mol. The van der Waals surface area contributed by atoms with Gasteiger partial charge in [-0.1, -0.05) is 0 Å². The fraction of sp³-hybridized carbons (Fsp3) is 0.489. The number of nitrogens with zero attached hydrogens (tertiary/aromatic N) is 8.